The van der Waals surface area contributed by atoms with Crippen molar-refractivity contribution in [2.24, 2.45) is 0 Å². The van der Waals surface area contributed by atoms with E-state index in [0.29, 0.717) is 12.1 Å². The van der Waals surface area contributed by atoms with Gasteiger partial charge in [0.1, 0.15) is 5.69 Å². The predicted molar refractivity (Wildman–Crippen MR) is 51.9 cm³/mol. The molecule has 1 aromatic rings. The van der Waals surface area contributed by atoms with Gasteiger partial charge in [0.25, 0.3) is 0 Å². The summed E-state index contributed by atoms with van der Waals surface area (Å²) in [5, 5.41) is 4.95. The summed E-state index contributed by atoms with van der Waals surface area (Å²) in [6.45, 7) is 0. The summed E-state index contributed by atoms with van der Waals surface area (Å²) >= 11 is 5.57. The molecule has 1 aromatic carbocycles. The highest BCUT2D eigenvalue weighted by molar-refractivity contribution is 6.44. The molecule has 8 heteroatoms. The molecule has 89 valence electrons. The molecule has 1 radical (unpaired) electrons. The van der Waals surface area contributed by atoms with Crippen LogP contribution in [0.25, 0.3) is 0 Å². The summed E-state index contributed by atoms with van der Waals surface area (Å²) in [6.07, 6.45) is -4.59. The first-order valence-corrected chi connectivity index (χ1v) is 4.64. The Morgan fingerprint density at radius 2 is 1.88 bits per heavy atom. The van der Waals surface area contributed by atoms with E-state index in [0.717, 1.165) is 0 Å². The van der Waals surface area contributed by atoms with Crippen molar-refractivity contribution in [3.63, 3.8) is 0 Å². The smallest absolute Gasteiger partial charge is 0.316 e. The Morgan fingerprint density at radius 1 is 1.24 bits per heavy atom. The largest absolute Gasteiger partial charge is 0.416 e. The van der Waals surface area contributed by atoms with Crippen LogP contribution in [0.4, 0.5) is 24.5 Å². The van der Waals surface area contributed by atoms with Crippen molar-refractivity contribution in [1.29, 1.82) is 0 Å². The van der Waals surface area contributed by atoms with Crippen LogP contribution in [-0.2, 0) is 15.8 Å². The van der Waals surface area contributed by atoms with E-state index < -0.39 is 23.6 Å². The van der Waals surface area contributed by atoms with Gasteiger partial charge >= 0.3 is 18.0 Å². The number of amides is 2. The van der Waals surface area contributed by atoms with E-state index in [1.54, 1.807) is 0 Å². The standard InChI is InChI=1S/C9H3ClF3N2O2/c10-4-1-3(9(11,12)13)2-5-6(4)15-8(17)7(16)14-5/h1-2H,(H,14,16). The Kier molecular flexibility index (Phi) is 2.50. The number of hydrogen-bond acceptors (Lipinski definition) is 2. The lowest BCUT2D eigenvalue weighted by Crippen LogP contribution is -2.33. The van der Waals surface area contributed by atoms with E-state index in [1.807, 2.05) is 5.32 Å². The van der Waals surface area contributed by atoms with Crippen molar-refractivity contribution in [2.75, 3.05) is 5.32 Å². The molecule has 2 rings (SSSR count). The maximum atomic E-state index is 12.4. The second kappa shape index (κ2) is 3.63. The van der Waals surface area contributed by atoms with Crippen LogP contribution in [0.5, 0.6) is 0 Å². The molecule has 1 N–H and O–H groups in total. The van der Waals surface area contributed by atoms with E-state index >= 15 is 0 Å². The Balaban J connectivity index is 2.55. The van der Waals surface area contributed by atoms with Crippen molar-refractivity contribution in [1.82, 2.24) is 5.32 Å². The molecular formula is C9H3ClF3N2O2. The van der Waals surface area contributed by atoms with Crippen LogP contribution in [0.3, 0.4) is 0 Å². The van der Waals surface area contributed by atoms with Crippen LogP contribution in [-0.4, -0.2) is 11.8 Å². The van der Waals surface area contributed by atoms with Gasteiger partial charge in [-0.15, -0.1) is 0 Å². The molecule has 1 aliphatic heterocycles. The number of carbonyl (C=O) groups is 2. The molecule has 0 atom stereocenters. The van der Waals surface area contributed by atoms with E-state index in [1.165, 1.54) is 0 Å². The van der Waals surface area contributed by atoms with Gasteiger partial charge < -0.3 is 5.32 Å². The van der Waals surface area contributed by atoms with Crippen molar-refractivity contribution >= 4 is 34.8 Å². The normalized spacial score (nSPS) is 15.1. The zero-order chi connectivity index (χ0) is 12.8. The van der Waals surface area contributed by atoms with E-state index in [9.17, 15) is 22.8 Å². The first-order chi connectivity index (χ1) is 7.79. The molecule has 1 aliphatic rings. The lowest BCUT2D eigenvalue weighted by molar-refractivity contribution is -0.137. The summed E-state index contributed by atoms with van der Waals surface area (Å²) in [4.78, 5) is 21.9. The highest BCUT2D eigenvalue weighted by Crippen LogP contribution is 2.39. The maximum absolute atomic E-state index is 12.4. The van der Waals surface area contributed by atoms with E-state index in [4.69, 9.17) is 11.6 Å². The van der Waals surface area contributed by atoms with Gasteiger partial charge in [0, 0.05) is 0 Å². The molecule has 4 nitrogen and oxygen atoms in total. The molecule has 0 aliphatic carbocycles. The molecule has 0 fully saturated rings. The number of hydrogen-bond donors (Lipinski definition) is 1. The fourth-order valence-electron chi connectivity index (χ4n) is 1.30. The molecule has 1 heterocycles. The van der Waals surface area contributed by atoms with Gasteiger partial charge in [-0.3, -0.25) is 9.59 Å². The predicted octanol–water partition coefficient (Wildman–Crippen LogP) is 2.07. The molecule has 0 bridgehead atoms. The van der Waals surface area contributed by atoms with Crippen molar-refractivity contribution in [2.45, 2.75) is 6.18 Å². The summed E-state index contributed by atoms with van der Waals surface area (Å²) in [7, 11) is 0. The molecule has 0 aromatic heterocycles. The summed E-state index contributed by atoms with van der Waals surface area (Å²) in [6, 6.07) is 1.32. The third-order valence-corrected chi connectivity index (χ3v) is 2.33. The number of halogens is 4. The average molecular weight is 264 g/mol. The third-order valence-electron chi connectivity index (χ3n) is 2.05. The summed E-state index contributed by atoms with van der Waals surface area (Å²) in [5.74, 6) is -2.19. The Hall–Kier alpha value is -1.76. The molecule has 0 saturated heterocycles. The van der Waals surface area contributed by atoms with Crippen LogP contribution in [0.1, 0.15) is 5.56 Å². The van der Waals surface area contributed by atoms with Crippen molar-refractivity contribution < 1.29 is 22.8 Å². The fourth-order valence-corrected chi connectivity index (χ4v) is 1.56. The molecule has 0 saturated carbocycles. The average Bonchev–Trinajstić information content (AvgIpc) is 2.19. The number of nitrogens with zero attached hydrogens (tertiary/aromatic N) is 1. The molecule has 17 heavy (non-hydrogen) atoms. The van der Waals surface area contributed by atoms with E-state index in [2.05, 4.69) is 5.32 Å². The number of anilines is 1. The Labute approximate surface area is 97.7 Å². The molecule has 0 unspecified atom stereocenters. The van der Waals surface area contributed by atoms with Gasteiger partial charge in [0.2, 0.25) is 0 Å². The van der Waals surface area contributed by atoms with Crippen LogP contribution in [0, 0.1) is 0 Å². The van der Waals surface area contributed by atoms with Crippen molar-refractivity contribution in [3.05, 3.63) is 22.7 Å². The zero-order valence-corrected chi connectivity index (χ0v) is 8.69. The molecule has 2 amide bonds. The Morgan fingerprint density at radius 3 is 2.47 bits per heavy atom. The Bertz CT molecular complexity index is 528. The van der Waals surface area contributed by atoms with Gasteiger partial charge in [0.05, 0.1) is 16.3 Å². The minimum atomic E-state index is -4.59. The topological polar surface area (TPSA) is 60.3 Å². The fraction of sp³-hybridized carbons (Fsp3) is 0.111. The van der Waals surface area contributed by atoms with Crippen LogP contribution < -0.4 is 10.6 Å². The second-order valence-corrected chi connectivity index (χ2v) is 3.63. The monoisotopic (exact) mass is 263 g/mol. The van der Waals surface area contributed by atoms with Crippen LogP contribution in [0.15, 0.2) is 12.1 Å². The van der Waals surface area contributed by atoms with Crippen LogP contribution >= 0.6 is 11.6 Å². The quantitative estimate of drug-likeness (QED) is 0.729. The van der Waals surface area contributed by atoms with Crippen LogP contribution in [0.2, 0.25) is 5.02 Å². The number of alkyl halides is 3. The highest BCUT2D eigenvalue weighted by atomic mass is 35.5. The first kappa shape index (κ1) is 11.7. The number of carbonyl (C=O) groups excluding carboxylic acids is 2. The van der Waals surface area contributed by atoms with Gasteiger partial charge in [-0.2, -0.15) is 13.2 Å². The zero-order valence-electron chi connectivity index (χ0n) is 7.93. The SMILES string of the molecule is O=C1[N]c2c(Cl)cc(C(F)(F)F)cc2NC1=O. The number of fused-ring (bicyclic) bond motifs is 1. The minimum absolute atomic E-state index is 0.163. The highest BCUT2D eigenvalue weighted by Gasteiger charge is 2.34. The number of nitrogens with one attached hydrogen (secondary N) is 1. The maximum Gasteiger partial charge on any atom is 0.416 e. The lowest BCUT2D eigenvalue weighted by Gasteiger charge is -2.18. The summed E-state index contributed by atoms with van der Waals surface area (Å²) < 4.78 is 37.3. The van der Waals surface area contributed by atoms with Gasteiger partial charge in [-0.1, -0.05) is 11.6 Å². The lowest BCUT2D eigenvalue weighted by atomic mass is 10.1. The van der Waals surface area contributed by atoms with E-state index in [-0.39, 0.29) is 16.4 Å². The van der Waals surface area contributed by atoms with Gasteiger partial charge in [-0.25, -0.2) is 5.32 Å². The number of benzene rings is 1. The van der Waals surface area contributed by atoms with Gasteiger partial charge in [0.15, 0.2) is 0 Å². The number of rotatable bonds is 0. The second-order valence-electron chi connectivity index (χ2n) is 3.22. The third kappa shape index (κ3) is 2.05. The minimum Gasteiger partial charge on any atom is -0.316 e. The summed E-state index contributed by atoms with van der Waals surface area (Å²) in [5.41, 5.74) is -1.41. The molecule has 0 spiro atoms. The molecular weight excluding hydrogens is 261 g/mol. The first-order valence-electron chi connectivity index (χ1n) is 4.27. The van der Waals surface area contributed by atoms with Gasteiger partial charge in [-0.05, 0) is 12.1 Å². The van der Waals surface area contributed by atoms with Crippen molar-refractivity contribution in [3.8, 4) is 0 Å².